The molecule has 0 saturated heterocycles. The summed E-state index contributed by atoms with van der Waals surface area (Å²) in [7, 11) is 0. The highest BCUT2D eigenvalue weighted by atomic mass is 32.2. The second kappa shape index (κ2) is 7.03. The quantitative estimate of drug-likeness (QED) is 0.770. The molecule has 0 spiro atoms. The summed E-state index contributed by atoms with van der Waals surface area (Å²) in [5.41, 5.74) is 2.64. The van der Waals surface area contributed by atoms with Gasteiger partial charge in [-0.25, -0.2) is 0 Å². The average Bonchev–Trinajstić information content (AvgIpc) is 3.22. The minimum absolute atomic E-state index is 0.0813. The fraction of sp³-hybridized carbons (Fsp3) is 0.600. The number of alkyl halides is 3. The van der Waals surface area contributed by atoms with Crippen LogP contribution < -0.4 is 5.73 Å². The molecule has 1 atom stereocenters. The largest absolute Gasteiger partial charge is 0.446 e. The van der Waals surface area contributed by atoms with Crippen molar-refractivity contribution in [1.82, 2.24) is 4.90 Å². The summed E-state index contributed by atoms with van der Waals surface area (Å²) in [5, 5.41) is 0. The molecule has 6 heteroatoms. The van der Waals surface area contributed by atoms with Crippen molar-refractivity contribution in [2.75, 3.05) is 19.6 Å². The summed E-state index contributed by atoms with van der Waals surface area (Å²) in [6.07, 6.45) is 2.55. The standard InChI is InChI=1S/C15H21F3N2S/c1-2-20(10-11-3-4-11)14(9-19)12-5-7-13(8-6-12)21-15(16,17)18/h5-8,11,14H,2-4,9-10,19H2,1H3. The second-order valence-corrected chi connectivity index (χ2v) is 6.54. The van der Waals surface area contributed by atoms with Crippen LogP contribution in [0.4, 0.5) is 13.2 Å². The Labute approximate surface area is 127 Å². The number of halogens is 3. The predicted octanol–water partition coefficient (Wildman–Crippen LogP) is 4.03. The Kier molecular flexibility index (Phi) is 5.57. The van der Waals surface area contributed by atoms with Gasteiger partial charge in [0.15, 0.2) is 0 Å². The molecule has 1 aliphatic rings. The van der Waals surface area contributed by atoms with E-state index in [0.29, 0.717) is 6.54 Å². The number of nitrogens with zero attached hydrogens (tertiary/aromatic N) is 1. The lowest BCUT2D eigenvalue weighted by atomic mass is 10.0. The summed E-state index contributed by atoms with van der Waals surface area (Å²) in [6, 6.07) is 6.67. The smallest absolute Gasteiger partial charge is 0.329 e. The average molecular weight is 318 g/mol. The number of hydrogen-bond acceptors (Lipinski definition) is 3. The number of thioether (sulfide) groups is 1. The van der Waals surface area contributed by atoms with E-state index in [2.05, 4.69) is 11.8 Å². The van der Waals surface area contributed by atoms with E-state index in [0.717, 1.165) is 24.6 Å². The Morgan fingerprint density at radius 1 is 1.29 bits per heavy atom. The molecule has 2 rings (SSSR count). The summed E-state index contributed by atoms with van der Waals surface area (Å²) in [6.45, 7) is 4.50. The zero-order valence-electron chi connectivity index (χ0n) is 12.1. The molecule has 0 amide bonds. The Hall–Kier alpha value is -0.720. The van der Waals surface area contributed by atoms with Gasteiger partial charge in [-0.05, 0) is 54.8 Å². The van der Waals surface area contributed by atoms with Gasteiger partial charge >= 0.3 is 5.51 Å². The Morgan fingerprint density at radius 2 is 1.90 bits per heavy atom. The van der Waals surface area contributed by atoms with E-state index in [-0.39, 0.29) is 22.7 Å². The highest BCUT2D eigenvalue weighted by Crippen LogP contribution is 2.37. The van der Waals surface area contributed by atoms with Crippen LogP contribution in [0.2, 0.25) is 0 Å². The van der Waals surface area contributed by atoms with E-state index in [9.17, 15) is 13.2 Å². The van der Waals surface area contributed by atoms with Crippen LogP contribution >= 0.6 is 11.8 Å². The van der Waals surface area contributed by atoms with Crippen LogP contribution in [0.5, 0.6) is 0 Å². The van der Waals surface area contributed by atoms with Crippen LogP contribution in [0.15, 0.2) is 29.2 Å². The van der Waals surface area contributed by atoms with E-state index in [1.165, 1.54) is 25.0 Å². The first kappa shape index (κ1) is 16.6. The van der Waals surface area contributed by atoms with E-state index >= 15 is 0 Å². The van der Waals surface area contributed by atoms with Gasteiger partial charge in [0.05, 0.1) is 0 Å². The van der Waals surface area contributed by atoms with Gasteiger partial charge in [-0.3, -0.25) is 4.90 Å². The van der Waals surface area contributed by atoms with Gasteiger partial charge in [-0.1, -0.05) is 19.1 Å². The van der Waals surface area contributed by atoms with Gasteiger partial charge in [0.1, 0.15) is 0 Å². The summed E-state index contributed by atoms with van der Waals surface area (Å²) >= 11 is -0.0813. The third kappa shape index (κ3) is 5.20. The monoisotopic (exact) mass is 318 g/mol. The van der Waals surface area contributed by atoms with E-state index < -0.39 is 5.51 Å². The summed E-state index contributed by atoms with van der Waals surface area (Å²) in [5.74, 6) is 0.763. The molecular weight excluding hydrogens is 297 g/mol. The molecule has 118 valence electrons. The van der Waals surface area contributed by atoms with E-state index in [4.69, 9.17) is 5.73 Å². The third-order valence-corrected chi connectivity index (χ3v) is 4.50. The van der Waals surface area contributed by atoms with Crippen LogP contribution in [0.3, 0.4) is 0 Å². The SMILES string of the molecule is CCN(CC1CC1)C(CN)c1ccc(SC(F)(F)F)cc1. The molecule has 1 aliphatic carbocycles. The molecule has 0 heterocycles. The van der Waals surface area contributed by atoms with Crippen LogP contribution in [-0.4, -0.2) is 30.0 Å². The lowest BCUT2D eigenvalue weighted by Gasteiger charge is -2.30. The molecule has 0 aliphatic heterocycles. The van der Waals surface area contributed by atoms with Gasteiger partial charge < -0.3 is 5.73 Å². The third-order valence-electron chi connectivity index (χ3n) is 3.76. The minimum atomic E-state index is -4.24. The van der Waals surface area contributed by atoms with Crippen molar-refractivity contribution in [3.63, 3.8) is 0 Å². The van der Waals surface area contributed by atoms with Crippen LogP contribution in [-0.2, 0) is 0 Å². The Bertz CT molecular complexity index is 443. The molecule has 0 radical (unpaired) electrons. The molecular formula is C15H21F3N2S. The fourth-order valence-corrected chi connectivity index (χ4v) is 3.04. The number of rotatable bonds is 7. The van der Waals surface area contributed by atoms with Gasteiger partial charge in [0, 0.05) is 24.0 Å². The lowest BCUT2D eigenvalue weighted by molar-refractivity contribution is -0.0328. The Morgan fingerprint density at radius 3 is 2.33 bits per heavy atom. The summed E-state index contributed by atoms with van der Waals surface area (Å²) < 4.78 is 37.0. The van der Waals surface area contributed by atoms with Crippen LogP contribution in [0.1, 0.15) is 31.4 Å². The predicted molar refractivity (Wildman–Crippen MR) is 80.1 cm³/mol. The van der Waals surface area contributed by atoms with Gasteiger partial charge in [0.25, 0.3) is 0 Å². The fourth-order valence-electron chi connectivity index (χ4n) is 2.50. The first-order valence-electron chi connectivity index (χ1n) is 7.22. The molecule has 1 unspecified atom stereocenters. The molecule has 2 nitrogen and oxygen atoms in total. The van der Waals surface area contributed by atoms with E-state index in [1.54, 1.807) is 12.1 Å². The maximum absolute atomic E-state index is 12.3. The molecule has 21 heavy (non-hydrogen) atoms. The topological polar surface area (TPSA) is 29.3 Å². The maximum Gasteiger partial charge on any atom is 0.446 e. The first-order chi connectivity index (χ1) is 9.93. The van der Waals surface area contributed by atoms with Crippen molar-refractivity contribution >= 4 is 11.8 Å². The molecule has 1 aromatic rings. The van der Waals surface area contributed by atoms with Crippen molar-refractivity contribution < 1.29 is 13.2 Å². The van der Waals surface area contributed by atoms with Gasteiger partial charge in [-0.2, -0.15) is 13.2 Å². The molecule has 1 aromatic carbocycles. The normalized spacial score (nSPS) is 17.2. The summed E-state index contributed by atoms with van der Waals surface area (Å²) in [4.78, 5) is 2.54. The number of likely N-dealkylation sites (N-methyl/N-ethyl adjacent to an activating group) is 1. The molecule has 2 N–H and O–H groups in total. The number of nitrogens with two attached hydrogens (primary N) is 1. The first-order valence-corrected chi connectivity index (χ1v) is 8.04. The lowest BCUT2D eigenvalue weighted by Crippen LogP contribution is -2.35. The maximum atomic E-state index is 12.3. The number of benzene rings is 1. The van der Waals surface area contributed by atoms with Crippen LogP contribution in [0.25, 0.3) is 0 Å². The van der Waals surface area contributed by atoms with Crippen molar-refractivity contribution in [3.05, 3.63) is 29.8 Å². The Balaban J connectivity index is 2.06. The zero-order valence-corrected chi connectivity index (χ0v) is 12.9. The minimum Gasteiger partial charge on any atom is -0.329 e. The highest BCUT2D eigenvalue weighted by Gasteiger charge is 2.30. The second-order valence-electron chi connectivity index (χ2n) is 5.40. The number of hydrogen-bond donors (Lipinski definition) is 1. The van der Waals surface area contributed by atoms with Gasteiger partial charge in [-0.15, -0.1) is 0 Å². The molecule has 1 fully saturated rings. The van der Waals surface area contributed by atoms with Gasteiger partial charge in [0.2, 0.25) is 0 Å². The highest BCUT2D eigenvalue weighted by molar-refractivity contribution is 8.00. The van der Waals surface area contributed by atoms with Crippen molar-refractivity contribution in [3.8, 4) is 0 Å². The molecule has 0 bridgehead atoms. The molecule has 1 saturated carbocycles. The van der Waals surface area contributed by atoms with Crippen molar-refractivity contribution in [2.24, 2.45) is 11.7 Å². The van der Waals surface area contributed by atoms with Crippen LogP contribution in [0, 0.1) is 5.92 Å². The van der Waals surface area contributed by atoms with E-state index in [1.807, 2.05) is 0 Å². The zero-order chi connectivity index (χ0) is 15.5. The van der Waals surface area contributed by atoms with Crippen molar-refractivity contribution in [1.29, 1.82) is 0 Å². The van der Waals surface area contributed by atoms with Crippen molar-refractivity contribution in [2.45, 2.75) is 36.2 Å². The molecule has 0 aromatic heterocycles.